The molecule has 0 aliphatic heterocycles. The largest absolute Gasteiger partial charge is 0.481 e. The van der Waals surface area contributed by atoms with E-state index in [4.69, 9.17) is 0 Å². The molecule has 3 heteroatoms. The van der Waals surface area contributed by atoms with E-state index < -0.39 is 11.4 Å². The van der Waals surface area contributed by atoms with Crippen molar-refractivity contribution in [3.63, 3.8) is 0 Å². The molecule has 2 N–H and O–H groups in total. The second-order valence-corrected chi connectivity index (χ2v) is 7.07. The number of hydrogen-bond acceptors (Lipinski definition) is 2. The molecule has 0 saturated heterocycles. The van der Waals surface area contributed by atoms with Crippen molar-refractivity contribution in [2.24, 2.45) is 28.6 Å². The maximum atomic E-state index is 11.6. The zero-order chi connectivity index (χ0) is 12.4. The smallest absolute Gasteiger partial charge is 0.310 e. The van der Waals surface area contributed by atoms with Crippen LogP contribution in [-0.4, -0.2) is 22.3 Å². The third kappa shape index (κ3) is 1.29. The number of fused-ring (bicyclic) bond motifs is 2. The molecular formula is C14H22O3. The predicted octanol–water partition coefficient (Wildman–Crippen LogP) is 2.28. The average molecular weight is 238 g/mol. The van der Waals surface area contributed by atoms with E-state index in [0.29, 0.717) is 30.1 Å². The summed E-state index contributed by atoms with van der Waals surface area (Å²) in [6.45, 7) is 4.59. The molecule has 2 bridgehead atoms. The summed E-state index contributed by atoms with van der Waals surface area (Å²) in [4.78, 5) is 11.6. The van der Waals surface area contributed by atoms with Gasteiger partial charge in [-0.3, -0.25) is 4.79 Å². The Labute approximate surface area is 102 Å². The molecule has 0 heterocycles. The van der Waals surface area contributed by atoms with Crippen LogP contribution in [0.1, 0.15) is 46.0 Å². The molecule has 96 valence electrons. The number of carboxylic acids is 1. The van der Waals surface area contributed by atoms with Gasteiger partial charge in [-0.15, -0.1) is 0 Å². The third-order valence-corrected chi connectivity index (χ3v) is 6.19. The first-order valence-electron chi connectivity index (χ1n) is 6.79. The molecular weight excluding hydrogens is 216 g/mol. The fourth-order valence-electron chi connectivity index (χ4n) is 4.89. The minimum atomic E-state index is -0.672. The highest BCUT2D eigenvalue weighted by Crippen LogP contribution is 2.67. The summed E-state index contributed by atoms with van der Waals surface area (Å²) in [5.41, 5.74) is -0.279. The van der Waals surface area contributed by atoms with E-state index in [9.17, 15) is 15.0 Å². The van der Waals surface area contributed by atoms with Gasteiger partial charge in [-0.1, -0.05) is 13.8 Å². The summed E-state index contributed by atoms with van der Waals surface area (Å²) >= 11 is 0. The molecule has 4 aliphatic carbocycles. The van der Waals surface area contributed by atoms with Crippen molar-refractivity contribution in [3.05, 3.63) is 0 Å². The van der Waals surface area contributed by atoms with Crippen molar-refractivity contribution in [2.75, 3.05) is 0 Å². The van der Waals surface area contributed by atoms with Gasteiger partial charge in [0.1, 0.15) is 0 Å². The number of aliphatic hydroxyl groups excluding tert-OH is 1. The van der Waals surface area contributed by atoms with Crippen molar-refractivity contribution in [2.45, 2.75) is 52.1 Å². The molecule has 3 unspecified atom stereocenters. The van der Waals surface area contributed by atoms with Gasteiger partial charge in [0.25, 0.3) is 0 Å². The fourth-order valence-corrected chi connectivity index (χ4v) is 4.89. The van der Waals surface area contributed by atoms with Gasteiger partial charge in [-0.2, -0.15) is 0 Å². The Hall–Kier alpha value is -0.570. The Morgan fingerprint density at radius 1 is 1.18 bits per heavy atom. The molecule has 4 aliphatic rings. The zero-order valence-corrected chi connectivity index (χ0v) is 10.6. The Kier molecular flexibility index (Phi) is 2.20. The number of carbonyl (C=O) groups is 1. The molecule has 0 aromatic carbocycles. The van der Waals surface area contributed by atoms with Crippen LogP contribution in [0.25, 0.3) is 0 Å². The number of aliphatic hydroxyl groups is 1. The molecule has 17 heavy (non-hydrogen) atoms. The summed E-state index contributed by atoms with van der Waals surface area (Å²) in [5.74, 6) is 0.988. The summed E-state index contributed by atoms with van der Waals surface area (Å²) in [6, 6.07) is 0. The highest BCUT2D eigenvalue weighted by atomic mass is 16.4. The summed E-state index contributed by atoms with van der Waals surface area (Å²) in [5, 5.41) is 19.1. The van der Waals surface area contributed by atoms with E-state index in [-0.39, 0.29) is 6.10 Å². The van der Waals surface area contributed by atoms with E-state index in [0.717, 1.165) is 12.3 Å². The average Bonchev–Trinajstić information content (AvgIpc) is 2.23. The number of carboxylic acid groups (broad SMARTS) is 1. The highest BCUT2D eigenvalue weighted by molar-refractivity contribution is 5.76. The van der Waals surface area contributed by atoms with Crippen LogP contribution in [0.4, 0.5) is 0 Å². The van der Waals surface area contributed by atoms with Crippen molar-refractivity contribution >= 4 is 5.97 Å². The second kappa shape index (κ2) is 3.25. The normalized spacial score (nSPS) is 51.2. The second-order valence-electron chi connectivity index (χ2n) is 7.07. The quantitative estimate of drug-likeness (QED) is 0.776. The summed E-state index contributed by atoms with van der Waals surface area (Å²) in [7, 11) is 0. The Bertz CT molecular complexity index is 352. The predicted molar refractivity (Wildman–Crippen MR) is 63.4 cm³/mol. The van der Waals surface area contributed by atoms with E-state index >= 15 is 0 Å². The minimum Gasteiger partial charge on any atom is -0.481 e. The Morgan fingerprint density at radius 2 is 1.82 bits per heavy atom. The van der Waals surface area contributed by atoms with E-state index in [1.165, 1.54) is 12.8 Å². The van der Waals surface area contributed by atoms with Crippen LogP contribution in [0.2, 0.25) is 0 Å². The first-order chi connectivity index (χ1) is 7.88. The summed E-state index contributed by atoms with van der Waals surface area (Å²) < 4.78 is 0. The lowest BCUT2D eigenvalue weighted by Gasteiger charge is -2.65. The maximum absolute atomic E-state index is 11.6. The maximum Gasteiger partial charge on any atom is 0.310 e. The van der Waals surface area contributed by atoms with Crippen molar-refractivity contribution in [1.82, 2.24) is 0 Å². The first kappa shape index (κ1) is 11.5. The molecule has 0 spiro atoms. The number of rotatable bonds is 2. The number of hydrogen-bond donors (Lipinski definition) is 2. The topological polar surface area (TPSA) is 57.5 Å². The van der Waals surface area contributed by atoms with Gasteiger partial charge in [0.05, 0.1) is 11.5 Å². The van der Waals surface area contributed by atoms with Gasteiger partial charge in [0.15, 0.2) is 0 Å². The molecule has 0 radical (unpaired) electrons. The van der Waals surface area contributed by atoms with E-state index in [2.05, 4.69) is 13.8 Å². The molecule has 4 rings (SSSR count). The minimum absolute atomic E-state index is 0.295. The lowest BCUT2D eigenvalue weighted by atomic mass is 9.39. The molecule has 4 fully saturated rings. The van der Waals surface area contributed by atoms with Gasteiger partial charge in [0.2, 0.25) is 0 Å². The standard InChI is InChI=1S/C14H22O3/c1-13(2)8-3-4-10(11(13)5-8)14(12(16)17)6-9(15)7-14/h8-11,15H,3-7H2,1-2H3,(H,16,17). The van der Waals surface area contributed by atoms with Gasteiger partial charge in [-0.25, -0.2) is 0 Å². The highest BCUT2D eigenvalue weighted by Gasteiger charge is 2.64. The van der Waals surface area contributed by atoms with Crippen LogP contribution in [0.3, 0.4) is 0 Å². The van der Waals surface area contributed by atoms with Crippen LogP contribution in [0, 0.1) is 28.6 Å². The molecule has 0 amide bonds. The fraction of sp³-hybridized carbons (Fsp3) is 0.929. The molecule has 3 atom stereocenters. The monoisotopic (exact) mass is 238 g/mol. The molecule has 3 nitrogen and oxygen atoms in total. The Morgan fingerprint density at radius 3 is 2.24 bits per heavy atom. The Balaban J connectivity index is 1.86. The van der Waals surface area contributed by atoms with Gasteiger partial charge >= 0.3 is 5.97 Å². The van der Waals surface area contributed by atoms with Crippen LogP contribution >= 0.6 is 0 Å². The first-order valence-corrected chi connectivity index (χ1v) is 6.79. The zero-order valence-electron chi connectivity index (χ0n) is 10.6. The van der Waals surface area contributed by atoms with E-state index in [1.807, 2.05) is 0 Å². The van der Waals surface area contributed by atoms with Crippen molar-refractivity contribution in [3.8, 4) is 0 Å². The van der Waals surface area contributed by atoms with Gasteiger partial charge in [0, 0.05) is 0 Å². The van der Waals surface area contributed by atoms with Crippen molar-refractivity contribution < 1.29 is 15.0 Å². The SMILES string of the molecule is CC1(C)C2CCC(C3(C(=O)O)CC(O)C3)C1C2. The van der Waals surface area contributed by atoms with Crippen LogP contribution in [-0.2, 0) is 4.79 Å². The van der Waals surface area contributed by atoms with Gasteiger partial charge < -0.3 is 10.2 Å². The van der Waals surface area contributed by atoms with Crippen LogP contribution in [0.5, 0.6) is 0 Å². The number of aliphatic carboxylic acids is 1. The van der Waals surface area contributed by atoms with Crippen LogP contribution < -0.4 is 0 Å². The molecule has 0 aromatic rings. The lowest BCUT2D eigenvalue weighted by Crippen LogP contribution is -2.62. The summed E-state index contributed by atoms with van der Waals surface area (Å²) in [6.07, 6.45) is 4.01. The third-order valence-electron chi connectivity index (χ3n) is 6.19. The van der Waals surface area contributed by atoms with Crippen LogP contribution in [0.15, 0.2) is 0 Å². The van der Waals surface area contributed by atoms with Crippen molar-refractivity contribution in [1.29, 1.82) is 0 Å². The lowest BCUT2D eigenvalue weighted by molar-refractivity contribution is -0.204. The van der Waals surface area contributed by atoms with Gasteiger partial charge in [-0.05, 0) is 55.3 Å². The van der Waals surface area contributed by atoms with E-state index in [1.54, 1.807) is 0 Å². The molecule has 4 saturated carbocycles. The molecule has 0 aromatic heterocycles.